The topological polar surface area (TPSA) is 54.9 Å². The molecule has 2 rings (SSSR count). The van der Waals surface area contributed by atoms with Crippen molar-refractivity contribution in [2.75, 3.05) is 0 Å². The normalized spacial score (nSPS) is 20.5. The number of carbonyl (C=O) groups is 1. The average Bonchev–Trinajstić information content (AvgIpc) is 2.18. The summed E-state index contributed by atoms with van der Waals surface area (Å²) in [6, 6.07) is 0.260. The highest BCUT2D eigenvalue weighted by Crippen LogP contribution is 2.17. The van der Waals surface area contributed by atoms with E-state index < -0.39 is 0 Å². The minimum atomic E-state index is 0.260. The first-order chi connectivity index (χ1) is 6.40. The van der Waals surface area contributed by atoms with E-state index in [0.717, 1.165) is 36.9 Å². The largest absolute Gasteiger partial charge is 0.356 e. The average molecular weight is 177 g/mol. The van der Waals surface area contributed by atoms with Gasteiger partial charge in [0.1, 0.15) is 6.33 Å². The maximum atomic E-state index is 10.2. The van der Waals surface area contributed by atoms with Crippen molar-refractivity contribution < 1.29 is 4.79 Å². The molecule has 1 aliphatic rings. The first kappa shape index (κ1) is 8.16. The Kier molecular flexibility index (Phi) is 2.21. The number of nitrogens with zero attached hydrogens (tertiary/aromatic N) is 2. The molecule has 1 atom stereocenters. The molecule has 4 nitrogen and oxygen atoms in total. The zero-order chi connectivity index (χ0) is 9.10. The number of nitrogens with one attached hydrogen (secondary N) is 1. The molecule has 0 fully saturated rings. The van der Waals surface area contributed by atoms with E-state index in [-0.39, 0.29) is 6.04 Å². The zero-order valence-electron chi connectivity index (χ0n) is 7.23. The second kappa shape index (κ2) is 3.51. The molecule has 13 heavy (non-hydrogen) atoms. The first-order valence-electron chi connectivity index (χ1n) is 4.37. The third kappa shape index (κ3) is 1.66. The molecule has 0 aliphatic heterocycles. The molecule has 1 N–H and O–H groups in total. The molecule has 4 heteroatoms. The summed E-state index contributed by atoms with van der Waals surface area (Å²) >= 11 is 0. The van der Waals surface area contributed by atoms with Gasteiger partial charge >= 0.3 is 0 Å². The Labute approximate surface area is 76.4 Å². The lowest BCUT2D eigenvalue weighted by molar-refractivity contribution is -0.110. The molecule has 1 aliphatic carbocycles. The van der Waals surface area contributed by atoms with Gasteiger partial charge < -0.3 is 5.32 Å². The van der Waals surface area contributed by atoms with Crippen LogP contribution in [0.4, 0.5) is 0 Å². The van der Waals surface area contributed by atoms with Gasteiger partial charge in [-0.25, -0.2) is 9.97 Å². The van der Waals surface area contributed by atoms with E-state index in [1.54, 1.807) is 6.33 Å². The van der Waals surface area contributed by atoms with Crippen molar-refractivity contribution in [3.05, 3.63) is 23.8 Å². The fraction of sp³-hybridized carbons (Fsp3) is 0.444. The Morgan fingerprint density at radius 1 is 1.62 bits per heavy atom. The van der Waals surface area contributed by atoms with Crippen LogP contribution in [0.2, 0.25) is 0 Å². The molecule has 68 valence electrons. The number of aromatic nitrogens is 2. The van der Waals surface area contributed by atoms with Crippen molar-refractivity contribution >= 4 is 6.41 Å². The molecular weight excluding hydrogens is 166 g/mol. The predicted octanol–water partition coefficient (Wildman–Crippen LogP) is 0.0799. The van der Waals surface area contributed by atoms with Crippen molar-refractivity contribution in [2.45, 2.75) is 25.3 Å². The summed E-state index contributed by atoms with van der Waals surface area (Å²) in [5.74, 6) is 0. The summed E-state index contributed by atoms with van der Waals surface area (Å²) in [6.07, 6.45) is 6.94. The molecule has 1 heterocycles. The van der Waals surface area contributed by atoms with E-state index in [4.69, 9.17) is 0 Å². The third-order valence-electron chi connectivity index (χ3n) is 2.38. The highest BCUT2D eigenvalue weighted by atomic mass is 16.1. The maximum absolute atomic E-state index is 10.2. The van der Waals surface area contributed by atoms with Gasteiger partial charge in [0.05, 0.1) is 0 Å². The second-order valence-corrected chi connectivity index (χ2v) is 3.22. The van der Waals surface area contributed by atoms with Gasteiger partial charge in [0.2, 0.25) is 6.41 Å². The molecule has 1 aromatic heterocycles. The minimum absolute atomic E-state index is 0.260. The Bertz CT molecular complexity index is 313. The molecule has 1 aromatic rings. The molecule has 0 aromatic carbocycles. The van der Waals surface area contributed by atoms with Crippen LogP contribution in [-0.2, 0) is 17.6 Å². The quantitative estimate of drug-likeness (QED) is 0.651. The van der Waals surface area contributed by atoms with Gasteiger partial charge in [-0.05, 0) is 24.8 Å². The molecule has 0 spiro atoms. The Hall–Kier alpha value is -1.45. The Morgan fingerprint density at radius 2 is 2.54 bits per heavy atom. The van der Waals surface area contributed by atoms with Crippen LogP contribution in [0, 0.1) is 0 Å². The summed E-state index contributed by atoms with van der Waals surface area (Å²) in [4.78, 5) is 18.4. The van der Waals surface area contributed by atoms with Gasteiger partial charge in [-0.2, -0.15) is 0 Å². The van der Waals surface area contributed by atoms with Gasteiger partial charge in [-0.15, -0.1) is 0 Å². The number of amides is 1. The molecule has 0 saturated carbocycles. The van der Waals surface area contributed by atoms with Crippen LogP contribution >= 0.6 is 0 Å². The molecular formula is C9H11N3O. The molecule has 0 radical (unpaired) electrons. The number of hydrogen-bond acceptors (Lipinski definition) is 3. The molecule has 0 bridgehead atoms. The van der Waals surface area contributed by atoms with Gasteiger partial charge in [-0.3, -0.25) is 4.79 Å². The van der Waals surface area contributed by atoms with Crippen molar-refractivity contribution in [1.29, 1.82) is 0 Å². The van der Waals surface area contributed by atoms with Crippen molar-refractivity contribution in [3.8, 4) is 0 Å². The van der Waals surface area contributed by atoms with Gasteiger partial charge in [0.15, 0.2) is 0 Å². The minimum Gasteiger partial charge on any atom is -0.356 e. The highest BCUT2D eigenvalue weighted by molar-refractivity contribution is 5.47. The lowest BCUT2D eigenvalue weighted by Crippen LogP contribution is -2.33. The molecule has 0 saturated heterocycles. The van der Waals surface area contributed by atoms with E-state index in [0.29, 0.717) is 0 Å². The summed E-state index contributed by atoms with van der Waals surface area (Å²) in [5, 5.41) is 2.79. The summed E-state index contributed by atoms with van der Waals surface area (Å²) in [6.45, 7) is 0. The van der Waals surface area contributed by atoms with Crippen LogP contribution in [0.25, 0.3) is 0 Å². The maximum Gasteiger partial charge on any atom is 0.207 e. The second-order valence-electron chi connectivity index (χ2n) is 3.22. The number of aryl methyl sites for hydroxylation is 1. The number of fused-ring (bicyclic) bond motifs is 1. The summed E-state index contributed by atoms with van der Waals surface area (Å²) < 4.78 is 0. The van der Waals surface area contributed by atoms with Crippen molar-refractivity contribution in [1.82, 2.24) is 15.3 Å². The molecule has 1 unspecified atom stereocenters. The smallest absolute Gasteiger partial charge is 0.207 e. The number of rotatable bonds is 2. The molecule has 1 amide bonds. The fourth-order valence-corrected chi connectivity index (χ4v) is 1.70. The Balaban J connectivity index is 2.15. The van der Waals surface area contributed by atoms with Crippen molar-refractivity contribution in [3.63, 3.8) is 0 Å². The Morgan fingerprint density at radius 3 is 3.38 bits per heavy atom. The van der Waals surface area contributed by atoms with Crippen LogP contribution in [0.5, 0.6) is 0 Å². The SMILES string of the molecule is O=CNC1CCc2ncncc2C1. The van der Waals surface area contributed by atoms with E-state index in [1.165, 1.54) is 0 Å². The number of carbonyl (C=O) groups excluding carboxylic acids is 1. The first-order valence-corrected chi connectivity index (χ1v) is 4.37. The van der Waals surface area contributed by atoms with Crippen molar-refractivity contribution in [2.24, 2.45) is 0 Å². The van der Waals surface area contributed by atoms with E-state index in [9.17, 15) is 4.79 Å². The third-order valence-corrected chi connectivity index (χ3v) is 2.38. The van der Waals surface area contributed by atoms with Gasteiger partial charge in [-0.1, -0.05) is 0 Å². The van der Waals surface area contributed by atoms with E-state index in [1.807, 2.05) is 6.20 Å². The summed E-state index contributed by atoms with van der Waals surface area (Å²) in [5.41, 5.74) is 2.28. The lowest BCUT2D eigenvalue weighted by Gasteiger charge is -2.22. The van der Waals surface area contributed by atoms with Gasteiger partial charge in [0.25, 0.3) is 0 Å². The predicted molar refractivity (Wildman–Crippen MR) is 47.0 cm³/mol. The standard InChI is InChI=1S/C9H11N3O/c13-6-12-8-1-2-9-7(3-8)4-10-5-11-9/h4-6,8H,1-3H2,(H,12,13). The van der Waals surface area contributed by atoms with Crippen LogP contribution < -0.4 is 5.32 Å². The van der Waals surface area contributed by atoms with E-state index in [2.05, 4.69) is 15.3 Å². The number of hydrogen-bond donors (Lipinski definition) is 1. The highest BCUT2D eigenvalue weighted by Gasteiger charge is 2.18. The zero-order valence-corrected chi connectivity index (χ0v) is 7.23. The summed E-state index contributed by atoms with van der Waals surface area (Å²) in [7, 11) is 0. The van der Waals surface area contributed by atoms with Crippen LogP contribution in [-0.4, -0.2) is 22.4 Å². The van der Waals surface area contributed by atoms with Gasteiger partial charge in [0, 0.05) is 17.9 Å². The van der Waals surface area contributed by atoms with Crippen LogP contribution in [0.1, 0.15) is 17.7 Å². The fourth-order valence-electron chi connectivity index (χ4n) is 1.70. The van der Waals surface area contributed by atoms with E-state index >= 15 is 0 Å². The monoisotopic (exact) mass is 177 g/mol. The van der Waals surface area contributed by atoms with Crippen LogP contribution in [0.3, 0.4) is 0 Å². The lowest BCUT2D eigenvalue weighted by atomic mass is 9.93. The van der Waals surface area contributed by atoms with Crippen LogP contribution in [0.15, 0.2) is 12.5 Å².